The van der Waals surface area contributed by atoms with Gasteiger partial charge in [0, 0.05) is 19.6 Å². The van der Waals surface area contributed by atoms with Gasteiger partial charge in [0.2, 0.25) is 10.0 Å². The molecule has 1 atom stereocenters. The highest BCUT2D eigenvalue weighted by molar-refractivity contribution is 7.89. The Balaban J connectivity index is 2.20. The number of morpholine rings is 1. The van der Waals surface area contributed by atoms with Crippen LogP contribution in [0.15, 0.2) is 29.2 Å². The molecule has 0 aromatic heterocycles. The lowest BCUT2D eigenvalue weighted by Crippen LogP contribution is -2.48. The van der Waals surface area contributed by atoms with Crippen molar-refractivity contribution in [2.24, 2.45) is 5.73 Å². The van der Waals surface area contributed by atoms with Crippen LogP contribution in [-0.2, 0) is 14.8 Å². The third-order valence-corrected chi connectivity index (χ3v) is 4.94. The molecular weight excluding hydrogens is 268 g/mol. The van der Waals surface area contributed by atoms with Crippen LogP contribution in [0.4, 0.5) is 0 Å². The second-order valence-electron chi connectivity index (χ2n) is 4.27. The average Bonchev–Trinajstić information content (AvgIpc) is 2.47. The summed E-state index contributed by atoms with van der Waals surface area (Å²) in [5.74, 6) is 0.626. The molecule has 0 amide bonds. The molecule has 0 aliphatic carbocycles. The van der Waals surface area contributed by atoms with E-state index in [4.69, 9.17) is 15.2 Å². The van der Waals surface area contributed by atoms with Gasteiger partial charge in [0.25, 0.3) is 0 Å². The third kappa shape index (κ3) is 3.06. The number of nitrogens with zero attached hydrogens (tertiary/aromatic N) is 1. The average molecular weight is 286 g/mol. The van der Waals surface area contributed by atoms with Crippen LogP contribution >= 0.6 is 0 Å². The molecule has 0 saturated carbocycles. The number of nitrogens with two attached hydrogens (primary N) is 1. The fourth-order valence-corrected chi connectivity index (χ4v) is 3.41. The van der Waals surface area contributed by atoms with Gasteiger partial charge >= 0.3 is 0 Å². The molecule has 0 spiro atoms. The quantitative estimate of drug-likeness (QED) is 0.845. The van der Waals surface area contributed by atoms with Crippen molar-refractivity contribution < 1.29 is 17.9 Å². The Labute approximate surface area is 113 Å². The highest BCUT2D eigenvalue weighted by Gasteiger charge is 2.30. The van der Waals surface area contributed by atoms with Crippen LogP contribution in [0.2, 0.25) is 0 Å². The summed E-state index contributed by atoms with van der Waals surface area (Å²) in [6, 6.07) is 6.35. The summed E-state index contributed by atoms with van der Waals surface area (Å²) in [4.78, 5) is 0.256. The molecule has 1 fully saturated rings. The minimum atomic E-state index is -3.49. The maximum absolute atomic E-state index is 12.4. The highest BCUT2D eigenvalue weighted by Crippen LogP contribution is 2.21. The summed E-state index contributed by atoms with van der Waals surface area (Å²) >= 11 is 0. The normalized spacial score (nSPS) is 21.3. The van der Waals surface area contributed by atoms with E-state index in [0.29, 0.717) is 32.0 Å². The van der Waals surface area contributed by atoms with Gasteiger partial charge in [0.1, 0.15) is 5.75 Å². The van der Waals surface area contributed by atoms with E-state index in [1.54, 1.807) is 24.3 Å². The molecule has 1 aliphatic heterocycles. The van der Waals surface area contributed by atoms with Crippen molar-refractivity contribution >= 4 is 10.0 Å². The first-order valence-corrected chi connectivity index (χ1v) is 7.48. The van der Waals surface area contributed by atoms with Gasteiger partial charge in [-0.2, -0.15) is 4.31 Å². The maximum Gasteiger partial charge on any atom is 0.243 e. The van der Waals surface area contributed by atoms with E-state index in [-0.39, 0.29) is 11.0 Å². The van der Waals surface area contributed by atoms with Gasteiger partial charge in [0.15, 0.2) is 0 Å². The zero-order chi connectivity index (χ0) is 13.9. The summed E-state index contributed by atoms with van der Waals surface area (Å²) in [6.45, 7) is 1.33. The van der Waals surface area contributed by atoms with Gasteiger partial charge < -0.3 is 15.2 Å². The Morgan fingerprint density at radius 2 is 2.11 bits per heavy atom. The molecule has 0 radical (unpaired) electrons. The highest BCUT2D eigenvalue weighted by atomic mass is 32.2. The molecule has 1 aromatic carbocycles. The predicted molar refractivity (Wildman–Crippen MR) is 70.5 cm³/mol. The lowest BCUT2D eigenvalue weighted by Gasteiger charge is -2.31. The van der Waals surface area contributed by atoms with Crippen LogP contribution < -0.4 is 10.5 Å². The maximum atomic E-state index is 12.4. The van der Waals surface area contributed by atoms with Gasteiger partial charge in [-0.1, -0.05) is 0 Å². The van der Waals surface area contributed by atoms with Crippen LogP contribution in [0.5, 0.6) is 5.75 Å². The molecule has 0 bridgehead atoms. The number of ether oxygens (including phenoxy) is 2. The van der Waals surface area contributed by atoms with Gasteiger partial charge in [-0.25, -0.2) is 8.42 Å². The van der Waals surface area contributed by atoms with Crippen LogP contribution in [0.25, 0.3) is 0 Å². The van der Waals surface area contributed by atoms with Crippen molar-refractivity contribution in [3.63, 3.8) is 0 Å². The van der Waals surface area contributed by atoms with Gasteiger partial charge in [0.05, 0.1) is 24.7 Å². The number of hydrogen-bond donors (Lipinski definition) is 1. The predicted octanol–water partition coefficient (Wildman–Crippen LogP) is 0.0434. The van der Waals surface area contributed by atoms with Gasteiger partial charge in [-0.05, 0) is 24.3 Å². The molecule has 2 N–H and O–H groups in total. The van der Waals surface area contributed by atoms with E-state index < -0.39 is 10.0 Å². The van der Waals surface area contributed by atoms with E-state index in [1.165, 1.54) is 11.4 Å². The van der Waals surface area contributed by atoms with Crippen molar-refractivity contribution in [2.45, 2.75) is 11.0 Å². The molecular formula is C12H18N2O4S. The Hall–Kier alpha value is -1.15. The molecule has 1 aliphatic rings. The Kier molecular flexibility index (Phi) is 4.41. The van der Waals surface area contributed by atoms with Crippen molar-refractivity contribution in [1.29, 1.82) is 0 Å². The number of sulfonamides is 1. The number of rotatable bonds is 4. The number of hydrogen-bond acceptors (Lipinski definition) is 5. The smallest absolute Gasteiger partial charge is 0.243 e. The molecule has 1 aromatic rings. The molecule has 6 nitrogen and oxygen atoms in total. The summed E-state index contributed by atoms with van der Waals surface area (Å²) in [5, 5.41) is 0. The van der Waals surface area contributed by atoms with Gasteiger partial charge in [-0.15, -0.1) is 0 Å². The minimum Gasteiger partial charge on any atom is -0.497 e. The lowest BCUT2D eigenvalue weighted by atomic mass is 10.3. The Morgan fingerprint density at radius 3 is 2.68 bits per heavy atom. The zero-order valence-electron chi connectivity index (χ0n) is 10.8. The van der Waals surface area contributed by atoms with Crippen molar-refractivity contribution in [3.8, 4) is 5.75 Å². The van der Waals surface area contributed by atoms with Crippen LogP contribution in [0.1, 0.15) is 0 Å². The van der Waals surface area contributed by atoms with E-state index in [0.717, 1.165) is 0 Å². The molecule has 7 heteroatoms. The fourth-order valence-electron chi connectivity index (χ4n) is 1.95. The Morgan fingerprint density at radius 1 is 1.42 bits per heavy atom. The first-order chi connectivity index (χ1) is 9.07. The van der Waals surface area contributed by atoms with Gasteiger partial charge in [-0.3, -0.25) is 0 Å². The molecule has 106 valence electrons. The molecule has 0 unspecified atom stereocenters. The Bertz CT molecular complexity index is 515. The SMILES string of the molecule is COc1ccc(S(=O)(=O)N2CCO[C@H](CN)C2)cc1. The number of methoxy groups -OCH3 is 1. The van der Waals surface area contributed by atoms with E-state index in [1.807, 2.05) is 0 Å². The van der Waals surface area contributed by atoms with E-state index in [9.17, 15) is 8.42 Å². The summed E-state index contributed by atoms with van der Waals surface area (Å²) in [5.41, 5.74) is 5.52. The van der Waals surface area contributed by atoms with Crippen molar-refractivity contribution in [2.75, 3.05) is 33.4 Å². The standard InChI is InChI=1S/C12H18N2O4S/c1-17-10-2-4-12(5-3-10)19(15,16)14-6-7-18-11(8-13)9-14/h2-5,11H,6-9,13H2,1H3/t11-/m1/s1. The molecule has 1 saturated heterocycles. The van der Waals surface area contributed by atoms with Crippen molar-refractivity contribution in [1.82, 2.24) is 4.31 Å². The second kappa shape index (κ2) is 5.87. The van der Waals surface area contributed by atoms with Crippen LogP contribution in [0.3, 0.4) is 0 Å². The molecule has 19 heavy (non-hydrogen) atoms. The third-order valence-electron chi connectivity index (χ3n) is 3.06. The number of benzene rings is 1. The van der Waals surface area contributed by atoms with Crippen LogP contribution in [0, 0.1) is 0 Å². The molecule has 2 rings (SSSR count). The lowest BCUT2D eigenvalue weighted by molar-refractivity contribution is 0.00450. The van der Waals surface area contributed by atoms with E-state index in [2.05, 4.69) is 0 Å². The largest absolute Gasteiger partial charge is 0.497 e. The van der Waals surface area contributed by atoms with Crippen LogP contribution in [-0.4, -0.2) is 52.2 Å². The summed E-state index contributed by atoms with van der Waals surface area (Å²) in [6.07, 6.45) is -0.234. The first-order valence-electron chi connectivity index (χ1n) is 6.04. The van der Waals surface area contributed by atoms with E-state index >= 15 is 0 Å². The summed E-state index contributed by atoms with van der Waals surface area (Å²) in [7, 11) is -1.95. The molecule has 1 heterocycles. The second-order valence-corrected chi connectivity index (χ2v) is 6.21. The first kappa shape index (κ1) is 14.3. The topological polar surface area (TPSA) is 81.9 Å². The van der Waals surface area contributed by atoms with Crippen molar-refractivity contribution in [3.05, 3.63) is 24.3 Å². The zero-order valence-corrected chi connectivity index (χ0v) is 11.6. The monoisotopic (exact) mass is 286 g/mol. The fraction of sp³-hybridized carbons (Fsp3) is 0.500. The summed E-state index contributed by atoms with van der Waals surface area (Å²) < 4.78 is 36.7. The minimum absolute atomic E-state index is 0.234.